The molecule has 34 heavy (non-hydrogen) atoms. The maximum absolute atomic E-state index is 13.1. The molecule has 0 bridgehead atoms. The van der Waals surface area contributed by atoms with Gasteiger partial charge in [0.15, 0.2) is 0 Å². The van der Waals surface area contributed by atoms with Gasteiger partial charge < -0.3 is 15.2 Å². The normalized spacial score (nSPS) is 11.7. The minimum atomic E-state index is -1.02. The molecule has 0 heterocycles. The van der Waals surface area contributed by atoms with Gasteiger partial charge in [0.2, 0.25) is 0 Å². The Bertz CT molecular complexity index is 1100. The van der Waals surface area contributed by atoms with Crippen LogP contribution < -0.4 is 5.32 Å². The van der Waals surface area contributed by atoms with Crippen molar-refractivity contribution in [3.05, 3.63) is 95.1 Å². The number of thioether (sulfide) groups is 1. The highest BCUT2D eigenvalue weighted by Crippen LogP contribution is 2.28. The second kappa shape index (κ2) is 13.0. The van der Waals surface area contributed by atoms with Crippen LogP contribution in [0.2, 0.25) is 0 Å². The summed E-state index contributed by atoms with van der Waals surface area (Å²) in [5.41, 5.74) is 5.39. The number of rotatable bonds is 12. The number of carboxylic acids is 1. The summed E-state index contributed by atoms with van der Waals surface area (Å²) >= 11 is 1.55. The molecule has 3 rings (SSSR count). The van der Waals surface area contributed by atoms with Crippen molar-refractivity contribution >= 4 is 23.6 Å². The molecule has 3 aromatic rings. The molecule has 0 aliphatic carbocycles. The first kappa shape index (κ1) is 25.5. The van der Waals surface area contributed by atoms with Gasteiger partial charge in [-0.3, -0.25) is 4.79 Å². The SMILES string of the molecule is CSCC[C@H](NC(=O)c1ccc(COCCc2ccccc2)cc1-c1ccccc1C)C(=O)O. The summed E-state index contributed by atoms with van der Waals surface area (Å²) in [5, 5.41) is 12.2. The quantitative estimate of drug-likeness (QED) is 0.344. The van der Waals surface area contributed by atoms with Crippen LogP contribution in [-0.2, 0) is 22.6 Å². The maximum atomic E-state index is 13.1. The van der Waals surface area contributed by atoms with Gasteiger partial charge >= 0.3 is 5.97 Å². The molecule has 0 spiro atoms. The van der Waals surface area contributed by atoms with Crippen molar-refractivity contribution in [2.75, 3.05) is 18.6 Å². The lowest BCUT2D eigenvalue weighted by atomic mass is 9.93. The monoisotopic (exact) mass is 477 g/mol. The van der Waals surface area contributed by atoms with E-state index in [0.29, 0.717) is 31.0 Å². The molecule has 0 aromatic heterocycles. The van der Waals surface area contributed by atoms with Crippen LogP contribution in [0.1, 0.15) is 33.5 Å². The van der Waals surface area contributed by atoms with Crippen molar-refractivity contribution < 1.29 is 19.4 Å². The molecule has 0 saturated carbocycles. The number of ether oxygens (including phenoxy) is 1. The van der Waals surface area contributed by atoms with E-state index in [1.54, 1.807) is 17.8 Å². The molecule has 0 unspecified atom stereocenters. The van der Waals surface area contributed by atoms with Gasteiger partial charge in [-0.1, -0.05) is 60.7 Å². The van der Waals surface area contributed by atoms with Gasteiger partial charge in [-0.15, -0.1) is 0 Å². The van der Waals surface area contributed by atoms with E-state index in [0.717, 1.165) is 28.7 Å². The third-order valence-corrected chi connectivity index (χ3v) is 6.27. The van der Waals surface area contributed by atoms with E-state index in [1.807, 2.05) is 67.8 Å². The Labute approximate surface area is 205 Å². The standard InChI is InChI=1S/C28H31NO4S/c1-20-8-6-7-11-23(20)25-18-22(19-33-16-14-21-9-4-3-5-10-21)12-13-24(25)27(30)29-26(28(31)32)15-17-34-2/h3-13,18,26H,14-17,19H2,1-2H3,(H,29,30)(H,31,32)/t26-/m0/s1. The Hall–Kier alpha value is -3.09. The second-order valence-electron chi connectivity index (χ2n) is 8.13. The Balaban J connectivity index is 1.79. The van der Waals surface area contributed by atoms with Gasteiger partial charge in [0.05, 0.1) is 13.2 Å². The maximum Gasteiger partial charge on any atom is 0.326 e. The van der Waals surface area contributed by atoms with Crippen molar-refractivity contribution in [1.29, 1.82) is 0 Å². The molecule has 5 nitrogen and oxygen atoms in total. The van der Waals surface area contributed by atoms with Gasteiger partial charge in [0, 0.05) is 5.56 Å². The molecule has 6 heteroatoms. The van der Waals surface area contributed by atoms with E-state index < -0.39 is 12.0 Å². The van der Waals surface area contributed by atoms with Crippen LogP contribution >= 0.6 is 11.8 Å². The predicted octanol–water partition coefficient (Wildman–Crippen LogP) is 5.36. The highest BCUT2D eigenvalue weighted by Gasteiger charge is 2.22. The molecule has 1 atom stereocenters. The number of benzene rings is 3. The molecule has 0 fully saturated rings. The topological polar surface area (TPSA) is 75.6 Å². The lowest BCUT2D eigenvalue weighted by Crippen LogP contribution is -2.41. The molecule has 178 valence electrons. The first-order chi connectivity index (χ1) is 16.5. The van der Waals surface area contributed by atoms with Crippen LogP contribution in [0, 0.1) is 6.92 Å². The average molecular weight is 478 g/mol. The van der Waals surface area contributed by atoms with Crippen molar-refractivity contribution in [3.8, 4) is 11.1 Å². The molecule has 0 saturated heterocycles. The van der Waals surface area contributed by atoms with Crippen molar-refractivity contribution in [2.45, 2.75) is 32.4 Å². The Kier molecular flexibility index (Phi) is 9.74. The van der Waals surface area contributed by atoms with Crippen LogP contribution in [0.25, 0.3) is 11.1 Å². The van der Waals surface area contributed by atoms with Crippen LogP contribution in [0.15, 0.2) is 72.8 Å². The predicted molar refractivity (Wildman–Crippen MR) is 138 cm³/mol. The van der Waals surface area contributed by atoms with Crippen molar-refractivity contribution in [2.24, 2.45) is 0 Å². The smallest absolute Gasteiger partial charge is 0.326 e. The molecular weight excluding hydrogens is 446 g/mol. The first-order valence-electron chi connectivity index (χ1n) is 11.3. The fourth-order valence-corrected chi connectivity index (χ4v) is 4.20. The van der Waals surface area contributed by atoms with E-state index in [-0.39, 0.29) is 5.91 Å². The minimum absolute atomic E-state index is 0.370. The molecule has 0 aliphatic rings. The second-order valence-corrected chi connectivity index (χ2v) is 9.11. The van der Waals surface area contributed by atoms with Crippen LogP contribution in [0.5, 0.6) is 0 Å². The highest BCUT2D eigenvalue weighted by molar-refractivity contribution is 7.98. The molecule has 1 amide bonds. The van der Waals surface area contributed by atoms with E-state index in [9.17, 15) is 14.7 Å². The number of hydrogen-bond donors (Lipinski definition) is 2. The zero-order valence-corrected chi connectivity index (χ0v) is 20.4. The number of nitrogens with one attached hydrogen (secondary N) is 1. The van der Waals surface area contributed by atoms with E-state index in [2.05, 4.69) is 17.4 Å². The molecule has 0 radical (unpaired) electrons. The number of carbonyl (C=O) groups is 2. The van der Waals surface area contributed by atoms with Crippen LogP contribution in [-0.4, -0.2) is 41.6 Å². The fourth-order valence-electron chi connectivity index (χ4n) is 3.73. The van der Waals surface area contributed by atoms with Crippen LogP contribution in [0.4, 0.5) is 0 Å². The third-order valence-electron chi connectivity index (χ3n) is 5.62. The Morgan fingerprint density at radius 2 is 1.71 bits per heavy atom. The summed E-state index contributed by atoms with van der Waals surface area (Å²) in [6.45, 7) is 3.03. The number of aliphatic carboxylic acids is 1. The minimum Gasteiger partial charge on any atom is -0.480 e. The van der Waals surface area contributed by atoms with E-state index in [1.165, 1.54) is 5.56 Å². The zero-order valence-electron chi connectivity index (χ0n) is 19.6. The van der Waals surface area contributed by atoms with Gasteiger partial charge in [0.1, 0.15) is 6.04 Å². The Morgan fingerprint density at radius 3 is 2.41 bits per heavy atom. The summed E-state index contributed by atoms with van der Waals surface area (Å²) < 4.78 is 5.90. The molecule has 0 aliphatic heterocycles. The number of aryl methyl sites for hydroxylation is 1. The summed E-state index contributed by atoms with van der Waals surface area (Å²) in [6.07, 6.45) is 3.12. The highest BCUT2D eigenvalue weighted by atomic mass is 32.2. The van der Waals surface area contributed by atoms with E-state index in [4.69, 9.17) is 4.74 Å². The first-order valence-corrected chi connectivity index (χ1v) is 12.7. The molecule has 3 aromatic carbocycles. The Morgan fingerprint density at radius 1 is 0.971 bits per heavy atom. The van der Waals surface area contributed by atoms with Gasteiger partial charge in [-0.05, 0) is 71.7 Å². The third kappa shape index (κ3) is 7.20. The van der Waals surface area contributed by atoms with Crippen molar-refractivity contribution in [3.63, 3.8) is 0 Å². The van der Waals surface area contributed by atoms with E-state index >= 15 is 0 Å². The van der Waals surface area contributed by atoms with Gasteiger partial charge in [-0.25, -0.2) is 4.79 Å². The molecular formula is C28H31NO4S. The van der Waals surface area contributed by atoms with Crippen LogP contribution in [0.3, 0.4) is 0 Å². The lowest BCUT2D eigenvalue weighted by molar-refractivity contribution is -0.139. The zero-order chi connectivity index (χ0) is 24.3. The number of carbonyl (C=O) groups excluding carboxylic acids is 1. The molecule has 2 N–H and O–H groups in total. The largest absolute Gasteiger partial charge is 0.480 e. The number of hydrogen-bond acceptors (Lipinski definition) is 4. The summed E-state index contributed by atoms with van der Waals surface area (Å²) in [4.78, 5) is 24.8. The number of carboxylic acid groups (broad SMARTS) is 1. The summed E-state index contributed by atoms with van der Waals surface area (Å²) in [5.74, 6) is -0.757. The van der Waals surface area contributed by atoms with Crippen molar-refractivity contribution in [1.82, 2.24) is 5.32 Å². The lowest BCUT2D eigenvalue weighted by Gasteiger charge is -2.17. The average Bonchev–Trinajstić information content (AvgIpc) is 2.85. The fraction of sp³-hybridized carbons (Fsp3) is 0.286. The number of amides is 1. The van der Waals surface area contributed by atoms with Gasteiger partial charge in [-0.2, -0.15) is 11.8 Å². The summed E-state index contributed by atoms with van der Waals surface area (Å²) in [7, 11) is 0. The summed E-state index contributed by atoms with van der Waals surface area (Å²) in [6, 6.07) is 22.7. The van der Waals surface area contributed by atoms with Gasteiger partial charge in [0.25, 0.3) is 5.91 Å².